The molecule has 0 aliphatic carbocycles. The third kappa shape index (κ3) is 2.67. The maximum absolute atomic E-state index is 10.6. The summed E-state index contributed by atoms with van der Waals surface area (Å²) in [4.78, 5) is 4.34. The molecule has 108 valence electrons. The molecule has 0 bridgehead atoms. The fraction of sp³-hybridized carbons (Fsp3) is 0.294. The van der Waals surface area contributed by atoms with E-state index in [-0.39, 0.29) is 0 Å². The van der Waals surface area contributed by atoms with Gasteiger partial charge < -0.3 is 5.11 Å². The number of hydrogen-bond acceptors (Lipinski definition) is 3. The number of nitrogens with zero attached hydrogens (tertiary/aromatic N) is 3. The summed E-state index contributed by atoms with van der Waals surface area (Å²) in [6.07, 6.45) is 1.76. The van der Waals surface area contributed by atoms with Crippen LogP contribution in [0.4, 0.5) is 0 Å². The summed E-state index contributed by atoms with van der Waals surface area (Å²) in [5, 5.41) is 16.1. The number of aliphatic hydroxyl groups is 1. The smallest absolute Gasteiger partial charge is 0.0852 e. The van der Waals surface area contributed by atoms with Crippen molar-refractivity contribution in [3.05, 3.63) is 59.5 Å². The number of benzene rings is 1. The van der Waals surface area contributed by atoms with Crippen LogP contribution in [0.1, 0.15) is 30.0 Å². The Hall–Kier alpha value is -2.20. The van der Waals surface area contributed by atoms with E-state index < -0.39 is 6.10 Å². The predicted molar refractivity (Wildman–Crippen MR) is 83.0 cm³/mol. The van der Waals surface area contributed by atoms with Crippen molar-refractivity contribution >= 4 is 10.9 Å². The van der Waals surface area contributed by atoms with Crippen molar-refractivity contribution in [3.63, 3.8) is 0 Å². The highest BCUT2D eigenvalue weighted by Crippen LogP contribution is 2.25. The van der Waals surface area contributed by atoms with E-state index in [2.05, 4.69) is 17.0 Å². The lowest BCUT2D eigenvalue weighted by Crippen LogP contribution is -2.09. The van der Waals surface area contributed by atoms with Gasteiger partial charge in [-0.2, -0.15) is 5.10 Å². The Labute approximate surface area is 124 Å². The third-order valence-corrected chi connectivity index (χ3v) is 3.73. The van der Waals surface area contributed by atoms with E-state index in [1.54, 1.807) is 6.20 Å². The molecule has 1 N–H and O–H groups in total. The molecule has 0 aliphatic rings. The van der Waals surface area contributed by atoms with Gasteiger partial charge in [-0.15, -0.1) is 0 Å². The Morgan fingerprint density at radius 3 is 2.86 bits per heavy atom. The summed E-state index contributed by atoms with van der Waals surface area (Å²) >= 11 is 0. The first-order chi connectivity index (χ1) is 10.2. The maximum atomic E-state index is 10.6. The summed E-state index contributed by atoms with van der Waals surface area (Å²) in [5.41, 5.74) is 3.87. The van der Waals surface area contributed by atoms with Gasteiger partial charge in [-0.1, -0.05) is 18.2 Å². The van der Waals surface area contributed by atoms with E-state index in [9.17, 15) is 5.11 Å². The van der Waals surface area contributed by atoms with E-state index in [4.69, 9.17) is 0 Å². The molecular weight excluding hydrogens is 262 g/mol. The van der Waals surface area contributed by atoms with Crippen molar-refractivity contribution in [1.82, 2.24) is 14.8 Å². The van der Waals surface area contributed by atoms with Crippen LogP contribution in [0.3, 0.4) is 0 Å². The molecule has 2 heterocycles. The third-order valence-electron chi connectivity index (χ3n) is 3.73. The second kappa shape index (κ2) is 5.66. The van der Waals surface area contributed by atoms with Crippen molar-refractivity contribution < 1.29 is 5.11 Å². The number of aryl methyl sites for hydroxylation is 2. The normalized spacial score (nSPS) is 12.7. The fourth-order valence-corrected chi connectivity index (χ4v) is 2.75. The zero-order valence-corrected chi connectivity index (χ0v) is 12.3. The highest BCUT2D eigenvalue weighted by molar-refractivity contribution is 5.82. The number of aromatic nitrogens is 3. The molecule has 0 aliphatic heterocycles. The van der Waals surface area contributed by atoms with Crippen LogP contribution in [0.2, 0.25) is 0 Å². The van der Waals surface area contributed by atoms with Crippen LogP contribution in [-0.2, 0) is 13.0 Å². The first-order valence-corrected chi connectivity index (χ1v) is 7.24. The molecule has 4 heteroatoms. The van der Waals surface area contributed by atoms with Gasteiger partial charge in [0.15, 0.2) is 0 Å². The molecule has 21 heavy (non-hydrogen) atoms. The molecule has 0 radical (unpaired) electrons. The first-order valence-electron chi connectivity index (χ1n) is 7.24. The minimum absolute atomic E-state index is 0.556. The van der Waals surface area contributed by atoms with Crippen LogP contribution in [0, 0.1) is 6.92 Å². The molecule has 2 aromatic heterocycles. The highest BCUT2D eigenvalue weighted by atomic mass is 16.3. The average Bonchev–Trinajstić information content (AvgIpc) is 2.86. The van der Waals surface area contributed by atoms with Crippen molar-refractivity contribution in [1.29, 1.82) is 0 Å². The van der Waals surface area contributed by atoms with Gasteiger partial charge in [0.2, 0.25) is 0 Å². The Kier molecular flexibility index (Phi) is 3.71. The number of fused-ring (bicyclic) bond motifs is 1. The standard InChI is InChI=1S/C17H19N3O/c1-3-20-13(10-12(2)19-20)11-17(21)15-8-9-18-16-7-5-4-6-14(15)16/h4-10,17,21H,3,11H2,1-2H3. The predicted octanol–water partition coefficient (Wildman–Crippen LogP) is 3.04. The maximum Gasteiger partial charge on any atom is 0.0852 e. The van der Waals surface area contributed by atoms with Gasteiger partial charge >= 0.3 is 0 Å². The fourth-order valence-electron chi connectivity index (χ4n) is 2.75. The van der Waals surface area contributed by atoms with Crippen molar-refractivity contribution in [2.75, 3.05) is 0 Å². The van der Waals surface area contributed by atoms with E-state index in [1.807, 2.05) is 48.0 Å². The number of para-hydroxylation sites is 1. The Bertz CT molecular complexity index is 758. The highest BCUT2D eigenvalue weighted by Gasteiger charge is 2.15. The van der Waals surface area contributed by atoms with E-state index in [0.717, 1.165) is 34.4 Å². The lowest BCUT2D eigenvalue weighted by atomic mass is 10.0. The Morgan fingerprint density at radius 1 is 1.24 bits per heavy atom. The average molecular weight is 281 g/mol. The molecule has 1 aromatic carbocycles. The van der Waals surface area contributed by atoms with Crippen LogP contribution < -0.4 is 0 Å². The SMILES string of the molecule is CCn1nc(C)cc1CC(O)c1ccnc2ccccc12. The minimum Gasteiger partial charge on any atom is -0.388 e. The Morgan fingerprint density at radius 2 is 2.05 bits per heavy atom. The number of hydrogen-bond donors (Lipinski definition) is 1. The van der Waals surface area contributed by atoms with Crippen LogP contribution in [-0.4, -0.2) is 19.9 Å². The number of aliphatic hydroxyl groups excluding tert-OH is 1. The van der Waals surface area contributed by atoms with Gasteiger partial charge in [0.1, 0.15) is 0 Å². The molecule has 3 aromatic rings. The lowest BCUT2D eigenvalue weighted by molar-refractivity contribution is 0.177. The summed E-state index contributed by atoms with van der Waals surface area (Å²) in [6.45, 7) is 4.85. The summed E-state index contributed by atoms with van der Waals surface area (Å²) in [5.74, 6) is 0. The molecule has 0 amide bonds. The largest absolute Gasteiger partial charge is 0.388 e. The van der Waals surface area contributed by atoms with Crippen LogP contribution in [0.5, 0.6) is 0 Å². The van der Waals surface area contributed by atoms with E-state index in [0.29, 0.717) is 6.42 Å². The van der Waals surface area contributed by atoms with Gasteiger partial charge in [-0.3, -0.25) is 9.67 Å². The number of rotatable bonds is 4. The summed E-state index contributed by atoms with van der Waals surface area (Å²) in [7, 11) is 0. The van der Waals surface area contributed by atoms with Gasteiger partial charge in [-0.05, 0) is 37.6 Å². The zero-order chi connectivity index (χ0) is 14.8. The molecule has 4 nitrogen and oxygen atoms in total. The van der Waals surface area contributed by atoms with Crippen LogP contribution in [0.15, 0.2) is 42.6 Å². The van der Waals surface area contributed by atoms with Crippen molar-refractivity contribution in [3.8, 4) is 0 Å². The number of pyridine rings is 1. The molecule has 3 rings (SSSR count). The quantitative estimate of drug-likeness (QED) is 0.799. The minimum atomic E-state index is -0.556. The van der Waals surface area contributed by atoms with Gasteiger partial charge in [0.05, 0.1) is 17.3 Å². The summed E-state index contributed by atoms with van der Waals surface area (Å²) in [6, 6.07) is 11.8. The molecule has 0 fully saturated rings. The molecule has 0 saturated carbocycles. The monoisotopic (exact) mass is 281 g/mol. The topological polar surface area (TPSA) is 50.9 Å². The van der Waals surface area contributed by atoms with Crippen LogP contribution >= 0.6 is 0 Å². The molecule has 1 atom stereocenters. The second-order valence-corrected chi connectivity index (χ2v) is 5.23. The molecular formula is C17H19N3O. The van der Waals surface area contributed by atoms with Gasteiger partial charge in [0.25, 0.3) is 0 Å². The molecule has 1 unspecified atom stereocenters. The van der Waals surface area contributed by atoms with Crippen molar-refractivity contribution in [2.24, 2.45) is 0 Å². The van der Waals surface area contributed by atoms with E-state index in [1.165, 1.54) is 0 Å². The summed E-state index contributed by atoms with van der Waals surface area (Å²) < 4.78 is 1.95. The van der Waals surface area contributed by atoms with Gasteiger partial charge in [-0.25, -0.2) is 0 Å². The lowest BCUT2D eigenvalue weighted by Gasteiger charge is -2.14. The van der Waals surface area contributed by atoms with Gasteiger partial charge in [0, 0.05) is 30.2 Å². The molecule has 0 spiro atoms. The second-order valence-electron chi connectivity index (χ2n) is 5.23. The van der Waals surface area contributed by atoms with Crippen LogP contribution in [0.25, 0.3) is 10.9 Å². The van der Waals surface area contributed by atoms with Crippen molar-refractivity contribution in [2.45, 2.75) is 32.9 Å². The zero-order valence-electron chi connectivity index (χ0n) is 12.3. The van der Waals surface area contributed by atoms with E-state index >= 15 is 0 Å². The first kappa shape index (κ1) is 13.8. The molecule has 0 saturated heterocycles. The Balaban J connectivity index is 1.95.